The molecule has 1 atom stereocenters. The van der Waals surface area contributed by atoms with Crippen LogP contribution in [0.15, 0.2) is 18.6 Å². The van der Waals surface area contributed by atoms with Crippen LogP contribution in [0.25, 0.3) is 0 Å². The molecule has 0 aromatic carbocycles. The highest BCUT2D eigenvalue weighted by Gasteiger charge is 2.25. The molecule has 1 aromatic rings. The molecule has 1 aliphatic rings. The molecule has 0 spiro atoms. The standard InChI is InChI=1S/C13H21N3/c1-2-15-13(11-6-4-3-5-7-11)12-10-14-8-9-16-12/h8-11,13,15H,2-7H2,1H3. The second-order valence-corrected chi connectivity index (χ2v) is 4.56. The molecule has 3 nitrogen and oxygen atoms in total. The molecule has 1 N–H and O–H groups in total. The van der Waals surface area contributed by atoms with Gasteiger partial charge in [0.15, 0.2) is 0 Å². The van der Waals surface area contributed by atoms with Gasteiger partial charge in [-0.05, 0) is 25.3 Å². The third-order valence-corrected chi connectivity index (χ3v) is 3.45. The molecule has 0 aliphatic heterocycles. The minimum Gasteiger partial charge on any atom is -0.309 e. The number of hydrogen-bond donors (Lipinski definition) is 1. The lowest BCUT2D eigenvalue weighted by Crippen LogP contribution is -2.30. The van der Waals surface area contributed by atoms with Gasteiger partial charge in [-0.2, -0.15) is 0 Å². The van der Waals surface area contributed by atoms with Crippen LogP contribution >= 0.6 is 0 Å². The van der Waals surface area contributed by atoms with Crippen LogP contribution in [-0.2, 0) is 0 Å². The third kappa shape index (κ3) is 2.79. The molecule has 88 valence electrons. The van der Waals surface area contributed by atoms with Crippen LogP contribution in [0, 0.1) is 5.92 Å². The van der Waals surface area contributed by atoms with Gasteiger partial charge in [0.05, 0.1) is 11.7 Å². The van der Waals surface area contributed by atoms with Crippen molar-refractivity contribution in [3.05, 3.63) is 24.3 Å². The van der Waals surface area contributed by atoms with E-state index in [1.807, 2.05) is 6.20 Å². The van der Waals surface area contributed by atoms with E-state index >= 15 is 0 Å². The smallest absolute Gasteiger partial charge is 0.0758 e. The lowest BCUT2D eigenvalue weighted by molar-refractivity contribution is 0.270. The van der Waals surface area contributed by atoms with E-state index in [2.05, 4.69) is 22.2 Å². The largest absolute Gasteiger partial charge is 0.309 e. The summed E-state index contributed by atoms with van der Waals surface area (Å²) in [4.78, 5) is 8.63. The van der Waals surface area contributed by atoms with E-state index in [1.165, 1.54) is 32.1 Å². The fraction of sp³-hybridized carbons (Fsp3) is 0.692. The Morgan fingerprint density at radius 1 is 1.31 bits per heavy atom. The van der Waals surface area contributed by atoms with Crippen molar-refractivity contribution in [1.29, 1.82) is 0 Å². The van der Waals surface area contributed by atoms with Gasteiger partial charge >= 0.3 is 0 Å². The molecule has 1 unspecified atom stereocenters. The van der Waals surface area contributed by atoms with Crippen LogP contribution in [0.4, 0.5) is 0 Å². The Morgan fingerprint density at radius 3 is 2.75 bits per heavy atom. The second kappa shape index (κ2) is 5.94. The Morgan fingerprint density at radius 2 is 2.12 bits per heavy atom. The summed E-state index contributed by atoms with van der Waals surface area (Å²) >= 11 is 0. The Balaban J connectivity index is 2.09. The Kier molecular flexibility index (Phi) is 4.28. The average molecular weight is 219 g/mol. The molecule has 0 bridgehead atoms. The number of hydrogen-bond acceptors (Lipinski definition) is 3. The molecule has 1 fully saturated rings. The number of nitrogens with one attached hydrogen (secondary N) is 1. The molecule has 0 radical (unpaired) electrons. The first-order valence-corrected chi connectivity index (χ1v) is 6.41. The van der Waals surface area contributed by atoms with E-state index in [4.69, 9.17) is 0 Å². The highest BCUT2D eigenvalue weighted by atomic mass is 15.0. The Labute approximate surface area is 97.7 Å². The minimum absolute atomic E-state index is 0.402. The molecule has 1 saturated carbocycles. The van der Waals surface area contributed by atoms with Gasteiger partial charge in [-0.15, -0.1) is 0 Å². The summed E-state index contributed by atoms with van der Waals surface area (Å²) in [5.41, 5.74) is 1.11. The first kappa shape index (κ1) is 11.5. The normalized spacial score (nSPS) is 19.6. The van der Waals surface area contributed by atoms with Crippen molar-refractivity contribution in [1.82, 2.24) is 15.3 Å². The number of nitrogens with zero attached hydrogens (tertiary/aromatic N) is 2. The van der Waals surface area contributed by atoms with Crippen LogP contribution in [0.2, 0.25) is 0 Å². The fourth-order valence-corrected chi connectivity index (χ4v) is 2.67. The van der Waals surface area contributed by atoms with Crippen molar-refractivity contribution in [2.24, 2.45) is 5.92 Å². The van der Waals surface area contributed by atoms with E-state index in [1.54, 1.807) is 12.4 Å². The van der Waals surface area contributed by atoms with E-state index in [9.17, 15) is 0 Å². The zero-order valence-corrected chi connectivity index (χ0v) is 10.0. The van der Waals surface area contributed by atoms with Crippen molar-refractivity contribution in [3.8, 4) is 0 Å². The fourth-order valence-electron chi connectivity index (χ4n) is 2.67. The quantitative estimate of drug-likeness (QED) is 0.846. The van der Waals surface area contributed by atoms with Crippen LogP contribution < -0.4 is 5.32 Å². The predicted octanol–water partition coefficient (Wildman–Crippen LogP) is 2.71. The number of rotatable bonds is 4. The summed E-state index contributed by atoms with van der Waals surface area (Å²) in [5.74, 6) is 0.741. The van der Waals surface area contributed by atoms with Crippen LogP contribution in [0.5, 0.6) is 0 Å². The van der Waals surface area contributed by atoms with E-state index in [-0.39, 0.29) is 0 Å². The molecule has 3 heteroatoms. The van der Waals surface area contributed by atoms with Crippen LogP contribution in [0.1, 0.15) is 50.8 Å². The average Bonchev–Trinajstić information content (AvgIpc) is 2.38. The van der Waals surface area contributed by atoms with Gasteiger partial charge in [0.2, 0.25) is 0 Å². The number of aromatic nitrogens is 2. The zero-order chi connectivity index (χ0) is 11.2. The van der Waals surface area contributed by atoms with Gasteiger partial charge in [-0.3, -0.25) is 9.97 Å². The van der Waals surface area contributed by atoms with E-state index < -0.39 is 0 Å². The lowest BCUT2D eigenvalue weighted by atomic mass is 9.82. The van der Waals surface area contributed by atoms with Gasteiger partial charge in [0.1, 0.15) is 0 Å². The maximum atomic E-state index is 4.45. The van der Waals surface area contributed by atoms with Crippen molar-refractivity contribution in [2.75, 3.05) is 6.54 Å². The molecule has 16 heavy (non-hydrogen) atoms. The molecule has 0 amide bonds. The van der Waals surface area contributed by atoms with Crippen molar-refractivity contribution >= 4 is 0 Å². The Bertz CT molecular complexity index is 293. The first-order valence-electron chi connectivity index (χ1n) is 6.41. The topological polar surface area (TPSA) is 37.8 Å². The first-order chi connectivity index (χ1) is 7.92. The summed E-state index contributed by atoms with van der Waals surface area (Å²) in [7, 11) is 0. The molecule has 1 aliphatic carbocycles. The monoisotopic (exact) mass is 219 g/mol. The highest BCUT2D eigenvalue weighted by Crippen LogP contribution is 2.33. The van der Waals surface area contributed by atoms with Gasteiger partial charge in [0, 0.05) is 18.6 Å². The summed E-state index contributed by atoms with van der Waals surface area (Å²) in [6, 6.07) is 0.402. The summed E-state index contributed by atoms with van der Waals surface area (Å²) in [6.07, 6.45) is 12.2. The van der Waals surface area contributed by atoms with Gasteiger partial charge < -0.3 is 5.32 Å². The zero-order valence-electron chi connectivity index (χ0n) is 10.0. The summed E-state index contributed by atoms with van der Waals surface area (Å²) in [6.45, 7) is 3.16. The third-order valence-electron chi connectivity index (χ3n) is 3.45. The van der Waals surface area contributed by atoms with Crippen LogP contribution in [-0.4, -0.2) is 16.5 Å². The molecular formula is C13H21N3. The van der Waals surface area contributed by atoms with Gasteiger partial charge in [-0.25, -0.2) is 0 Å². The van der Waals surface area contributed by atoms with Gasteiger partial charge in [-0.1, -0.05) is 26.2 Å². The molecule has 1 heterocycles. The van der Waals surface area contributed by atoms with E-state index in [0.29, 0.717) is 6.04 Å². The molecule has 2 rings (SSSR count). The van der Waals surface area contributed by atoms with Crippen molar-refractivity contribution in [3.63, 3.8) is 0 Å². The highest BCUT2D eigenvalue weighted by molar-refractivity contribution is 5.04. The molecular weight excluding hydrogens is 198 g/mol. The predicted molar refractivity (Wildman–Crippen MR) is 65.0 cm³/mol. The maximum Gasteiger partial charge on any atom is 0.0758 e. The lowest BCUT2D eigenvalue weighted by Gasteiger charge is -2.30. The maximum absolute atomic E-state index is 4.45. The van der Waals surface area contributed by atoms with E-state index in [0.717, 1.165) is 18.2 Å². The molecule has 0 saturated heterocycles. The summed E-state index contributed by atoms with van der Waals surface area (Å²) in [5, 5.41) is 3.57. The summed E-state index contributed by atoms with van der Waals surface area (Å²) < 4.78 is 0. The SMILES string of the molecule is CCNC(c1cnccn1)C1CCCCC1. The van der Waals surface area contributed by atoms with Crippen molar-refractivity contribution in [2.45, 2.75) is 45.1 Å². The van der Waals surface area contributed by atoms with Gasteiger partial charge in [0.25, 0.3) is 0 Å². The Hall–Kier alpha value is -0.960. The van der Waals surface area contributed by atoms with Crippen molar-refractivity contribution < 1.29 is 0 Å². The van der Waals surface area contributed by atoms with Crippen LogP contribution in [0.3, 0.4) is 0 Å². The minimum atomic E-state index is 0.402. The second-order valence-electron chi connectivity index (χ2n) is 4.56. The molecule has 1 aromatic heterocycles.